The van der Waals surface area contributed by atoms with Crippen molar-refractivity contribution in [2.24, 2.45) is 5.92 Å². The van der Waals surface area contributed by atoms with Gasteiger partial charge in [-0.3, -0.25) is 4.79 Å². The molecule has 1 aromatic heterocycles. The van der Waals surface area contributed by atoms with E-state index in [1.165, 1.54) is 0 Å². The van der Waals surface area contributed by atoms with Gasteiger partial charge in [0.15, 0.2) is 0 Å². The number of ether oxygens (including phenoxy) is 1. The van der Waals surface area contributed by atoms with E-state index in [1.54, 1.807) is 11.3 Å². The summed E-state index contributed by atoms with van der Waals surface area (Å²) in [7, 11) is 0. The molecule has 2 nitrogen and oxygen atoms in total. The van der Waals surface area contributed by atoms with Crippen molar-refractivity contribution >= 4 is 29.9 Å². The number of thiol groups is 1. The van der Waals surface area contributed by atoms with Gasteiger partial charge in [-0.15, -0.1) is 11.3 Å². The normalized spacial score (nSPS) is 12.9. The number of carbonyl (C=O) groups excluding carboxylic acids is 1. The van der Waals surface area contributed by atoms with Crippen LogP contribution in [0.2, 0.25) is 0 Å². The van der Waals surface area contributed by atoms with E-state index in [-0.39, 0.29) is 17.1 Å². The molecule has 0 fully saturated rings. The molecule has 14 heavy (non-hydrogen) atoms. The Hall–Kier alpha value is -0.480. The highest BCUT2D eigenvalue weighted by molar-refractivity contribution is 7.81. The molecule has 0 radical (unpaired) electrons. The third kappa shape index (κ3) is 3.35. The summed E-state index contributed by atoms with van der Waals surface area (Å²) >= 11 is 5.76. The highest BCUT2D eigenvalue weighted by atomic mass is 32.1. The van der Waals surface area contributed by atoms with Crippen LogP contribution in [-0.4, -0.2) is 11.2 Å². The predicted molar refractivity (Wildman–Crippen MR) is 61.7 cm³/mol. The minimum atomic E-state index is -0.324. The molecule has 0 amide bonds. The fourth-order valence-electron chi connectivity index (χ4n) is 0.895. The molecule has 1 heterocycles. The first kappa shape index (κ1) is 11.6. The van der Waals surface area contributed by atoms with Crippen LogP contribution < -0.4 is 0 Å². The zero-order valence-corrected chi connectivity index (χ0v) is 9.98. The van der Waals surface area contributed by atoms with Crippen molar-refractivity contribution in [3.8, 4) is 0 Å². The Labute approximate surface area is 93.7 Å². The van der Waals surface area contributed by atoms with Crippen LogP contribution in [0.3, 0.4) is 0 Å². The summed E-state index contributed by atoms with van der Waals surface area (Å²) < 4.78 is 5.10. The largest absolute Gasteiger partial charge is 0.459 e. The molecule has 0 aliphatic carbocycles. The molecule has 1 aromatic rings. The van der Waals surface area contributed by atoms with Crippen LogP contribution >= 0.6 is 24.0 Å². The standard InChI is InChI=1S/C10H14O2S2/c1-7(2)9(13)10(11)12-6-8-4-3-5-14-8/h3-5,7,9,13H,6H2,1-2H3. The van der Waals surface area contributed by atoms with Gasteiger partial charge >= 0.3 is 5.97 Å². The summed E-state index contributed by atoms with van der Waals surface area (Å²) in [6, 6.07) is 3.88. The topological polar surface area (TPSA) is 26.3 Å². The predicted octanol–water partition coefficient (Wildman–Crippen LogP) is 2.75. The highest BCUT2D eigenvalue weighted by Gasteiger charge is 2.19. The number of esters is 1. The first-order chi connectivity index (χ1) is 6.61. The van der Waals surface area contributed by atoms with Gasteiger partial charge in [-0.05, 0) is 17.4 Å². The maximum atomic E-state index is 11.4. The van der Waals surface area contributed by atoms with Crippen LogP contribution in [0.5, 0.6) is 0 Å². The third-order valence-corrected chi connectivity index (χ3v) is 3.47. The second-order valence-corrected chi connectivity index (χ2v) is 4.96. The fourth-order valence-corrected chi connectivity index (χ4v) is 1.59. The first-order valence-electron chi connectivity index (χ1n) is 4.48. The summed E-state index contributed by atoms with van der Waals surface area (Å²) in [6.45, 7) is 4.26. The van der Waals surface area contributed by atoms with Crippen molar-refractivity contribution in [1.29, 1.82) is 0 Å². The monoisotopic (exact) mass is 230 g/mol. The second kappa shape index (κ2) is 5.41. The van der Waals surface area contributed by atoms with Crippen molar-refractivity contribution in [3.63, 3.8) is 0 Å². The number of thiophene rings is 1. The van der Waals surface area contributed by atoms with E-state index in [0.717, 1.165) is 4.88 Å². The Morgan fingerprint density at radius 1 is 1.64 bits per heavy atom. The maximum Gasteiger partial charge on any atom is 0.319 e. The van der Waals surface area contributed by atoms with Crippen molar-refractivity contribution in [3.05, 3.63) is 22.4 Å². The van der Waals surface area contributed by atoms with E-state index in [0.29, 0.717) is 6.61 Å². The lowest BCUT2D eigenvalue weighted by molar-refractivity contribution is -0.144. The molecule has 0 saturated carbocycles. The van der Waals surface area contributed by atoms with Gasteiger partial charge < -0.3 is 4.74 Å². The van der Waals surface area contributed by atoms with Crippen LogP contribution in [-0.2, 0) is 16.1 Å². The Morgan fingerprint density at radius 3 is 2.86 bits per heavy atom. The Morgan fingerprint density at radius 2 is 2.36 bits per heavy atom. The number of rotatable bonds is 4. The van der Waals surface area contributed by atoms with Crippen molar-refractivity contribution in [2.75, 3.05) is 0 Å². The molecule has 4 heteroatoms. The Balaban J connectivity index is 2.35. The third-order valence-electron chi connectivity index (χ3n) is 1.81. The average molecular weight is 230 g/mol. The second-order valence-electron chi connectivity index (χ2n) is 3.38. The van der Waals surface area contributed by atoms with Crippen LogP contribution in [0.25, 0.3) is 0 Å². The van der Waals surface area contributed by atoms with Gasteiger partial charge in [0.1, 0.15) is 11.9 Å². The molecule has 1 atom stereocenters. The molecule has 0 N–H and O–H groups in total. The zero-order chi connectivity index (χ0) is 10.6. The number of hydrogen-bond acceptors (Lipinski definition) is 4. The fraction of sp³-hybridized carbons (Fsp3) is 0.500. The molecule has 1 unspecified atom stereocenters. The van der Waals surface area contributed by atoms with E-state index >= 15 is 0 Å². The molecular weight excluding hydrogens is 216 g/mol. The van der Waals surface area contributed by atoms with Gasteiger partial charge in [-0.1, -0.05) is 19.9 Å². The molecular formula is C10H14O2S2. The van der Waals surface area contributed by atoms with E-state index in [4.69, 9.17) is 4.74 Å². The summed E-state index contributed by atoms with van der Waals surface area (Å²) in [6.07, 6.45) is 0. The lowest BCUT2D eigenvalue weighted by atomic mass is 10.1. The smallest absolute Gasteiger partial charge is 0.319 e. The minimum Gasteiger partial charge on any atom is -0.459 e. The van der Waals surface area contributed by atoms with E-state index in [9.17, 15) is 4.79 Å². The average Bonchev–Trinajstić information content (AvgIpc) is 2.65. The Kier molecular flexibility index (Phi) is 4.48. The zero-order valence-electron chi connectivity index (χ0n) is 8.27. The molecule has 0 bridgehead atoms. The molecule has 0 aliphatic rings. The SMILES string of the molecule is CC(C)C(S)C(=O)OCc1cccs1. The summed E-state index contributed by atoms with van der Waals surface area (Å²) in [5.41, 5.74) is 0. The van der Waals surface area contributed by atoms with Crippen molar-refractivity contribution < 1.29 is 9.53 Å². The number of carbonyl (C=O) groups is 1. The molecule has 0 aromatic carbocycles. The number of hydrogen-bond donors (Lipinski definition) is 1. The van der Waals surface area contributed by atoms with Gasteiger partial charge in [0, 0.05) is 4.88 Å². The highest BCUT2D eigenvalue weighted by Crippen LogP contribution is 2.14. The van der Waals surface area contributed by atoms with Crippen molar-refractivity contribution in [2.45, 2.75) is 25.7 Å². The van der Waals surface area contributed by atoms with Gasteiger partial charge in [0.05, 0.1) is 0 Å². The molecule has 0 aliphatic heterocycles. The lowest BCUT2D eigenvalue weighted by Crippen LogP contribution is -2.22. The van der Waals surface area contributed by atoms with Crippen LogP contribution in [0.1, 0.15) is 18.7 Å². The summed E-state index contributed by atoms with van der Waals surface area (Å²) in [4.78, 5) is 12.4. The van der Waals surface area contributed by atoms with Crippen molar-refractivity contribution in [1.82, 2.24) is 0 Å². The Bertz CT molecular complexity index is 280. The van der Waals surface area contributed by atoms with Crippen LogP contribution in [0.4, 0.5) is 0 Å². The molecule has 1 rings (SSSR count). The van der Waals surface area contributed by atoms with Gasteiger partial charge in [0.2, 0.25) is 0 Å². The summed E-state index contributed by atoms with van der Waals surface area (Å²) in [5, 5.41) is 1.64. The van der Waals surface area contributed by atoms with Gasteiger partial charge in [0.25, 0.3) is 0 Å². The van der Waals surface area contributed by atoms with Crippen LogP contribution in [0, 0.1) is 5.92 Å². The van der Waals surface area contributed by atoms with Crippen LogP contribution in [0.15, 0.2) is 17.5 Å². The quantitative estimate of drug-likeness (QED) is 0.636. The molecule has 0 spiro atoms. The van der Waals surface area contributed by atoms with E-state index < -0.39 is 0 Å². The first-order valence-corrected chi connectivity index (χ1v) is 5.88. The minimum absolute atomic E-state index is 0.203. The lowest BCUT2D eigenvalue weighted by Gasteiger charge is -2.12. The van der Waals surface area contributed by atoms with E-state index in [1.807, 2.05) is 31.4 Å². The summed E-state index contributed by atoms with van der Waals surface area (Å²) in [5.74, 6) is -0.0362. The van der Waals surface area contributed by atoms with Gasteiger partial charge in [-0.25, -0.2) is 0 Å². The molecule has 0 saturated heterocycles. The van der Waals surface area contributed by atoms with Gasteiger partial charge in [-0.2, -0.15) is 12.6 Å². The van der Waals surface area contributed by atoms with E-state index in [2.05, 4.69) is 12.6 Å². The maximum absolute atomic E-state index is 11.4. The molecule has 78 valence electrons.